The Labute approximate surface area is 292 Å². The van der Waals surface area contributed by atoms with E-state index in [9.17, 15) is 9.59 Å². The summed E-state index contributed by atoms with van der Waals surface area (Å²) in [6.45, 7) is 0. The zero-order valence-electron chi connectivity index (χ0n) is 26.4. The lowest BCUT2D eigenvalue weighted by molar-refractivity contribution is 0.0868. The van der Waals surface area contributed by atoms with Gasteiger partial charge in [0.1, 0.15) is 9.75 Å². The van der Waals surface area contributed by atoms with E-state index >= 15 is 0 Å². The molecule has 8 heteroatoms. The van der Waals surface area contributed by atoms with E-state index in [0.717, 1.165) is 46.0 Å². The number of benzene rings is 4. The van der Waals surface area contributed by atoms with Crippen LogP contribution in [0.3, 0.4) is 0 Å². The second-order valence-corrected chi connectivity index (χ2v) is 17.9. The Kier molecular flexibility index (Phi) is 10.6. The summed E-state index contributed by atoms with van der Waals surface area (Å²) < 4.78 is 0. The van der Waals surface area contributed by atoms with Gasteiger partial charge in [-0.25, -0.2) is 0 Å². The van der Waals surface area contributed by atoms with Crippen LogP contribution < -0.4 is 42.5 Å². The van der Waals surface area contributed by atoms with Crippen molar-refractivity contribution >= 4 is 82.2 Å². The van der Waals surface area contributed by atoms with Crippen LogP contribution in [0.5, 0.6) is 0 Å². The number of hydrogen-bond donors (Lipinski definition) is 2. The minimum atomic E-state index is -0.901. The highest BCUT2D eigenvalue weighted by Crippen LogP contribution is 2.37. The summed E-state index contributed by atoms with van der Waals surface area (Å²) in [5, 5.41) is 17.8. The number of amides is 2. The molecule has 1 fully saturated rings. The Bertz CT molecular complexity index is 1730. The fourth-order valence-corrected chi connectivity index (χ4v) is 13.5. The largest absolute Gasteiger partial charge is 0.347 e. The third-order valence-corrected chi connectivity index (χ3v) is 15.7. The number of nitrogens with one attached hydrogen (secondary N) is 2. The SMILES string of the molecule is O=C(N[C@@H]1CCCC[C@H]1NC(=O)c1sccc1P(c1ccccc1)c1ccccc1)c1sccc1P(c1ccccc1)c1ccccc1. The molecule has 7 rings (SSSR count). The van der Waals surface area contributed by atoms with E-state index < -0.39 is 15.8 Å². The molecule has 2 amide bonds. The van der Waals surface area contributed by atoms with Crippen LogP contribution in [0.15, 0.2) is 144 Å². The molecule has 0 aliphatic heterocycles. The highest BCUT2D eigenvalue weighted by Gasteiger charge is 2.32. The highest BCUT2D eigenvalue weighted by molar-refractivity contribution is 7.80. The molecule has 1 saturated carbocycles. The van der Waals surface area contributed by atoms with Crippen LogP contribution in [0, 0.1) is 0 Å². The Balaban J connectivity index is 1.12. The second-order valence-electron chi connectivity index (χ2n) is 11.7. The van der Waals surface area contributed by atoms with Gasteiger partial charge >= 0.3 is 0 Å². The van der Waals surface area contributed by atoms with Gasteiger partial charge < -0.3 is 10.6 Å². The minimum absolute atomic E-state index is 0.0565. The van der Waals surface area contributed by atoms with E-state index in [1.807, 2.05) is 35.0 Å². The van der Waals surface area contributed by atoms with Gasteiger partial charge in [-0.3, -0.25) is 9.59 Å². The van der Waals surface area contributed by atoms with Gasteiger partial charge in [0.05, 0.1) is 0 Å². The monoisotopic (exact) mass is 702 g/mol. The van der Waals surface area contributed by atoms with Crippen molar-refractivity contribution in [3.63, 3.8) is 0 Å². The Morgan fingerprint density at radius 2 is 0.792 bits per heavy atom. The van der Waals surface area contributed by atoms with Crippen LogP contribution in [0.2, 0.25) is 0 Å². The predicted molar refractivity (Wildman–Crippen MR) is 207 cm³/mol. The molecule has 4 aromatic carbocycles. The Morgan fingerprint density at radius 1 is 0.479 bits per heavy atom. The van der Waals surface area contributed by atoms with E-state index in [1.165, 1.54) is 43.9 Å². The molecular weight excluding hydrogens is 667 g/mol. The maximum absolute atomic E-state index is 14.1. The lowest BCUT2D eigenvalue weighted by Gasteiger charge is -2.33. The molecule has 2 aromatic heterocycles. The van der Waals surface area contributed by atoms with Crippen LogP contribution in [-0.4, -0.2) is 23.9 Å². The van der Waals surface area contributed by atoms with Crippen LogP contribution in [-0.2, 0) is 0 Å². The maximum atomic E-state index is 14.1. The van der Waals surface area contributed by atoms with Gasteiger partial charge in [0.15, 0.2) is 0 Å². The first-order chi connectivity index (χ1) is 23.7. The lowest BCUT2D eigenvalue weighted by Crippen LogP contribution is -2.53. The molecule has 240 valence electrons. The van der Waals surface area contributed by atoms with Gasteiger partial charge in [-0.15, -0.1) is 22.7 Å². The summed E-state index contributed by atoms with van der Waals surface area (Å²) in [5.74, 6) is -0.113. The first-order valence-electron chi connectivity index (χ1n) is 16.2. The molecule has 1 aliphatic carbocycles. The Hall–Kier alpha value is -3.92. The summed E-state index contributed by atoms with van der Waals surface area (Å²) in [4.78, 5) is 29.7. The molecule has 0 spiro atoms. The zero-order chi connectivity index (χ0) is 32.7. The number of thiophene rings is 2. The molecule has 2 N–H and O–H groups in total. The molecule has 1 aliphatic rings. The van der Waals surface area contributed by atoms with Gasteiger partial charge in [-0.1, -0.05) is 134 Å². The first-order valence-corrected chi connectivity index (χ1v) is 20.7. The average molecular weight is 703 g/mol. The number of carbonyl (C=O) groups excluding carboxylic acids is 2. The summed E-state index contributed by atoms with van der Waals surface area (Å²) >= 11 is 3.00. The molecule has 0 saturated heterocycles. The van der Waals surface area contributed by atoms with Crippen molar-refractivity contribution in [2.24, 2.45) is 0 Å². The van der Waals surface area contributed by atoms with Gasteiger partial charge in [0, 0.05) is 22.7 Å². The summed E-state index contributed by atoms with van der Waals surface area (Å²) in [7, 11) is -1.80. The van der Waals surface area contributed by atoms with Crippen LogP contribution in [0.1, 0.15) is 45.0 Å². The van der Waals surface area contributed by atoms with E-state index in [2.05, 4.69) is 120 Å². The van der Waals surface area contributed by atoms with Gasteiger partial charge in [-0.2, -0.15) is 0 Å². The van der Waals surface area contributed by atoms with Crippen molar-refractivity contribution in [2.45, 2.75) is 37.8 Å². The van der Waals surface area contributed by atoms with Crippen molar-refractivity contribution in [1.82, 2.24) is 10.6 Å². The predicted octanol–water partition coefficient (Wildman–Crippen LogP) is 6.80. The van der Waals surface area contributed by atoms with Crippen LogP contribution >= 0.6 is 38.5 Å². The van der Waals surface area contributed by atoms with Crippen molar-refractivity contribution in [1.29, 1.82) is 0 Å². The van der Waals surface area contributed by atoms with Crippen LogP contribution in [0.25, 0.3) is 0 Å². The average Bonchev–Trinajstić information content (AvgIpc) is 3.82. The van der Waals surface area contributed by atoms with Crippen molar-refractivity contribution in [3.8, 4) is 0 Å². The number of rotatable bonds is 10. The van der Waals surface area contributed by atoms with E-state index in [4.69, 9.17) is 0 Å². The quantitative estimate of drug-likeness (QED) is 0.155. The number of carbonyl (C=O) groups is 2. The van der Waals surface area contributed by atoms with Crippen molar-refractivity contribution in [2.75, 3.05) is 0 Å². The standard InChI is InChI=1S/C40H36N2O2P2S2/c43-39(37-35(25-27-47-37)45(29-15-5-1-6-16-29)30-17-7-2-8-18-30)41-33-23-13-14-24-34(33)42-40(44)38-36(26-28-48-38)46(31-19-9-3-10-20-31)32-21-11-4-12-22-32/h1-12,15-22,25-28,33-34H,13-14,23-24H2,(H,41,43)(H,42,44)/t33-,34-/m1/s1. The molecule has 4 nitrogen and oxygen atoms in total. The molecule has 0 bridgehead atoms. The lowest BCUT2D eigenvalue weighted by atomic mass is 9.90. The van der Waals surface area contributed by atoms with E-state index in [0.29, 0.717) is 0 Å². The summed E-state index contributed by atoms with van der Waals surface area (Å²) in [6, 6.07) is 45.9. The minimum Gasteiger partial charge on any atom is -0.347 e. The van der Waals surface area contributed by atoms with E-state index in [1.54, 1.807) is 0 Å². The smallest absolute Gasteiger partial charge is 0.262 e. The summed E-state index contributed by atoms with van der Waals surface area (Å²) in [6.07, 6.45) is 3.71. The fourth-order valence-electron chi connectivity index (χ4n) is 6.40. The third kappa shape index (κ3) is 7.23. The van der Waals surface area contributed by atoms with Crippen molar-refractivity contribution < 1.29 is 9.59 Å². The first kappa shape index (κ1) is 32.6. The van der Waals surface area contributed by atoms with Gasteiger partial charge in [-0.05, 0) is 72.8 Å². The molecule has 6 aromatic rings. The topological polar surface area (TPSA) is 58.2 Å². The van der Waals surface area contributed by atoms with Crippen molar-refractivity contribution in [3.05, 3.63) is 154 Å². The second kappa shape index (κ2) is 15.5. The molecule has 2 heterocycles. The Morgan fingerprint density at radius 3 is 1.10 bits per heavy atom. The molecule has 2 atom stereocenters. The molecular formula is C40H36N2O2P2S2. The highest BCUT2D eigenvalue weighted by atomic mass is 32.1. The maximum Gasteiger partial charge on any atom is 0.262 e. The molecule has 0 radical (unpaired) electrons. The van der Waals surface area contributed by atoms with E-state index in [-0.39, 0.29) is 23.9 Å². The normalized spacial score (nSPS) is 16.1. The molecule has 0 unspecified atom stereocenters. The fraction of sp³-hybridized carbons (Fsp3) is 0.150. The van der Waals surface area contributed by atoms with Crippen LogP contribution in [0.4, 0.5) is 0 Å². The summed E-state index contributed by atoms with van der Waals surface area (Å²) in [5.41, 5.74) is 0. The van der Waals surface area contributed by atoms with Gasteiger partial charge in [0.2, 0.25) is 0 Å². The molecule has 48 heavy (non-hydrogen) atoms. The third-order valence-electron chi connectivity index (χ3n) is 8.64. The zero-order valence-corrected chi connectivity index (χ0v) is 29.8. The van der Waals surface area contributed by atoms with Gasteiger partial charge in [0.25, 0.3) is 11.8 Å². The number of hydrogen-bond acceptors (Lipinski definition) is 4.